The van der Waals surface area contributed by atoms with E-state index in [0.717, 1.165) is 12.2 Å². The van der Waals surface area contributed by atoms with E-state index in [-0.39, 0.29) is 11.9 Å². The molecule has 0 aromatic rings. The van der Waals surface area contributed by atoms with Crippen LogP contribution in [0.3, 0.4) is 0 Å². The van der Waals surface area contributed by atoms with E-state index in [4.69, 9.17) is 5.26 Å². The maximum Gasteiger partial charge on any atom is 0.242 e. The van der Waals surface area contributed by atoms with Gasteiger partial charge in [0.1, 0.15) is 5.41 Å². The molecule has 1 amide bonds. The molecule has 0 aliphatic carbocycles. The molecule has 0 spiro atoms. The smallest absolute Gasteiger partial charge is 0.242 e. The lowest BCUT2D eigenvalue weighted by Crippen LogP contribution is -2.45. The van der Waals surface area contributed by atoms with Crippen LogP contribution >= 0.6 is 11.8 Å². The molecule has 0 rings (SSSR count). The van der Waals surface area contributed by atoms with Gasteiger partial charge in [-0.15, -0.1) is 0 Å². The molecule has 2 atom stereocenters. The number of nitrogens with zero attached hydrogens (tertiary/aromatic N) is 2. The Morgan fingerprint density at radius 3 is 2.44 bits per heavy atom. The summed E-state index contributed by atoms with van der Waals surface area (Å²) < 4.78 is 0. The summed E-state index contributed by atoms with van der Waals surface area (Å²) in [7, 11) is 1.80. The van der Waals surface area contributed by atoms with Gasteiger partial charge in [-0.25, -0.2) is 0 Å². The number of hydrogen-bond donors (Lipinski definition) is 0. The molecule has 0 aromatic heterocycles. The van der Waals surface area contributed by atoms with Gasteiger partial charge in [-0.2, -0.15) is 17.0 Å². The topological polar surface area (TPSA) is 44.1 Å². The lowest BCUT2D eigenvalue weighted by Gasteiger charge is -2.32. The fourth-order valence-electron chi connectivity index (χ4n) is 1.53. The molecule has 0 radical (unpaired) electrons. The van der Waals surface area contributed by atoms with Crippen LogP contribution in [0.15, 0.2) is 0 Å². The SMILES string of the molecule is CCC(CSC)N(C)C(=O)C(C)(C#N)CC. The predicted octanol–water partition coefficient (Wildman–Crippen LogP) is 2.53. The minimum atomic E-state index is -0.874. The van der Waals surface area contributed by atoms with Crippen molar-refractivity contribution in [2.45, 2.75) is 39.7 Å². The molecule has 92 valence electrons. The van der Waals surface area contributed by atoms with Crippen molar-refractivity contribution in [1.29, 1.82) is 5.26 Å². The third-order valence-corrected chi connectivity index (χ3v) is 3.84. The Balaban J connectivity index is 4.77. The van der Waals surface area contributed by atoms with E-state index in [2.05, 4.69) is 13.0 Å². The van der Waals surface area contributed by atoms with Gasteiger partial charge < -0.3 is 4.90 Å². The highest BCUT2D eigenvalue weighted by Gasteiger charge is 2.35. The zero-order valence-corrected chi connectivity index (χ0v) is 11.7. The molecule has 16 heavy (non-hydrogen) atoms. The number of hydrogen-bond acceptors (Lipinski definition) is 3. The first-order valence-electron chi connectivity index (χ1n) is 5.64. The van der Waals surface area contributed by atoms with Gasteiger partial charge in [-0.3, -0.25) is 4.79 Å². The van der Waals surface area contributed by atoms with Crippen molar-refractivity contribution in [3.8, 4) is 6.07 Å². The largest absolute Gasteiger partial charge is 0.341 e. The lowest BCUT2D eigenvalue weighted by molar-refractivity contribution is -0.138. The maximum atomic E-state index is 12.2. The third kappa shape index (κ3) is 3.41. The van der Waals surface area contributed by atoms with Gasteiger partial charge in [0.05, 0.1) is 6.07 Å². The number of rotatable bonds is 6. The molecule has 0 saturated heterocycles. The van der Waals surface area contributed by atoms with E-state index in [1.807, 2.05) is 13.2 Å². The van der Waals surface area contributed by atoms with Gasteiger partial charge in [0.15, 0.2) is 0 Å². The van der Waals surface area contributed by atoms with Crippen LogP contribution in [0.1, 0.15) is 33.6 Å². The first kappa shape index (κ1) is 15.3. The van der Waals surface area contributed by atoms with Crippen LogP contribution < -0.4 is 0 Å². The summed E-state index contributed by atoms with van der Waals surface area (Å²) in [5, 5.41) is 9.09. The minimum Gasteiger partial charge on any atom is -0.341 e. The molecular formula is C12H22N2OS. The molecule has 4 heteroatoms. The maximum absolute atomic E-state index is 12.2. The zero-order chi connectivity index (χ0) is 12.8. The second kappa shape index (κ2) is 6.80. The molecule has 0 bridgehead atoms. The van der Waals surface area contributed by atoms with Gasteiger partial charge in [-0.05, 0) is 26.0 Å². The van der Waals surface area contributed by atoms with Crippen molar-refractivity contribution in [3.63, 3.8) is 0 Å². The second-order valence-electron chi connectivity index (χ2n) is 4.23. The van der Waals surface area contributed by atoms with Gasteiger partial charge >= 0.3 is 0 Å². The van der Waals surface area contributed by atoms with Gasteiger partial charge in [0, 0.05) is 18.8 Å². The fraction of sp³-hybridized carbons (Fsp3) is 0.833. The van der Waals surface area contributed by atoms with E-state index in [1.165, 1.54) is 0 Å². The van der Waals surface area contributed by atoms with Crippen LogP contribution in [-0.2, 0) is 4.79 Å². The summed E-state index contributed by atoms with van der Waals surface area (Å²) in [5.41, 5.74) is -0.874. The molecule has 2 unspecified atom stereocenters. The summed E-state index contributed by atoms with van der Waals surface area (Å²) in [6.07, 6.45) is 3.51. The second-order valence-corrected chi connectivity index (χ2v) is 5.14. The van der Waals surface area contributed by atoms with Crippen LogP contribution in [0.5, 0.6) is 0 Å². The summed E-state index contributed by atoms with van der Waals surface area (Å²) in [6.45, 7) is 5.67. The highest BCUT2D eigenvalue weighted by Crippen LogP contribution is 2.24. The average molecular weight is 242 g/mol. The summed E-state index contributed by atoms with van der Waals surface area (Å²) in [5.74, 6) is 0.864. The molecule has 0 saturated carbocycles. The van der Waals surface area contributed by atoms with Crippen LogP contribution in [0.2, 0.25) is 0 Å². The van der Waals surface area contributed by atoms with Crippen molar-refractivity contribution in [3.05, 3.63) is 0 Å². The first-order chi connectivity index (χ1) is 7.46. The Morgan fingerprint density at radius 2 is 2.12 bits per heavy atom. The number of amides is 1. The molecule has 0 fully saturated rings. The quantitative estimate of drug-likeness (QED) is 0.719. The number of carbonyl (C=O) groups is 1. The van der Waals surface area contributed by atoms with E-state index in [9.17, 15) is 4.79 Å². The number of nitriles is 1. The van der Waals surface area contributed by atoms with Crippen LogP contribution in [0.4, 0.5) is 0 Å². The molecule has 0 N–H and O–H groups in total. The number of thioether (sulfide) groups is 1. The van der Waals surface area contributed by atoms with Crippen molar-refractivity contribution < 1.29 is 4.79 Å². The minimum absolute atomic E-state index is 0.0570. The standard InChI is InChI=1S/C12H22N2OS/c1-6-10(8-16-5)14(4)11(15)12(3,7-2)9-13/h10H,6-8H2,1-5H3. The van der Waals surface area contributed by atoms with E-state index < -0.39 is 5.41 Å². The van der Waals surface area contributed by atoms with Crippen molar-refractivity contribution in [2.24, 2.45) is 5.41 Å². The monoisotopic (exact) mass is 242 g/mol. The summed E-state index contributed by atoms with van der Waals surface area (Å²) in [4.78, 5) is 13.9. The summed E-state index contributed by atoms with van der Waals surface area (Å²) in [6, 6.07) is 2.36. The lowest BCUT2D eigenvalue weighted by atomic mass is 9.87. The Hall–Kier alpha value is -0.690. The normalized spacial score (nSPS) is 16.0. The number of carbonyl (C=O) groups excluding carboxylic acids is 1. The average Bonchev–Trinajstić information content (AvgIpc) is 2.33. The van der Waals surface area contributed by atoms with Crippen molar-refractivity contribution in [2.75, 3.05) is 19.1 Å². The Kier molecular flexibility index (Phi) is 6.51. The van der Waals surface area contributed by atoms with E-state index in [0.29, 0.717) is 6.42 Å². The fourth-order valence-corrected chi connectivity index (χ4v) is 2.37. The molecule has 3 nitrogen and oxygen atoms in total. The van der Waals surface area contributed by atoms with Gasteiger partial charge in [0.2, 0.25) is 5.91 Å². The predicted molar refractivity (Wildman–Crippen MR) is 69.2 cm³/mol. The molecule has 0 aliphatic rings. The van der Waals surface area contributed by atoms with Crippen molar-refractivity contribution >= 4 is 17.7 Å². The van der Waals surface area contributed by atoms with Crippen LogP contribution in [0.25, 0.3) is 0 Å². The highest BCUT2D eigenvalue weighted by atomic mass is 32.2. The molecule has 0 aliphatic heterocycles. The molecular weight excluding hydrogens is 220 g/mol. The molecule has 0 heterocycles. The highest BCUT2D eigenvalue weighted by molar-refractivity contribution is 7.98. The first-order valence-corrected chi connectivity index (χ1v) is 7.03. The molecule has 0 aromatic carbocycles. The Labute approximate surface area is 103 Å². The van der Waals surface area contributed by atoms with Crippen molar-refractivity contribution in [1.82, 2.24) is 4.90 Å². The third-order valence-electron chi connectivity index (χ3n) is 3.12. The summed E-state index contributed by atoms with van der Waals surface area (Å²) >= 11 is 1.73. The van der Waals surface area contributed by atoms with Gasteiger partial charge in [0.25, 0.3) is 0 Å². The van der Waals surface area contributed by atoms with Crippen LogP contribution in [-0.4, -0.2) is 35.9 Å². The Morgan fingerprint density at radius 1 is 1.56 bits per heavy atom. The van der Waals surface area contributed by atoms with Crippen LogP contribution in [0, 0.1) is 16.7 Å². The van der Waals surface area contributed by atoms with Gasteiger partial charge in [-0.1, -0.05) is 13.8 Å². The van der Waals surface area contributed by atoms with E-state index in [1.54, 1.807) is 30.6 Å². The zero-order valence-electron chi connectivity index (χ0n) is 10.9. The Bertz CT molecular complexity index is 275. The van der Waals surface area contributed by atoms with E-state index >= 15 is 0 Å².